The zero-order valence-electron chi connectivity index (χ0n) is 18.9. The molecule has 1 atom stereocenters. The lowest BCUT2D eigenvalue weighted by Gasteiger charge is -2.32. The van der Waals surface area contributed by atoms with Gasteiger partial charge in [-0.05, 0) is 66.6 Å². The second-order valence-corrected chi connectivity index (χ2v) is 8.96. The third kappa shape index (κ3) is 6.24. The van der Waals surface area contributed by atoms with Gasteiger partial charge in [0.25, 0.3) is 0 Å². The van der Waals surface area contributed by atoms with Crippen LogP contribution in [0.15, 0.2) is 77.8 Å². The highest BCUT2D eigenvalue weighted by molar-refractivity contribution is 8.15. The second-order valence-electron chi connectivity index (χ2n) is 7.79. The molecule has 35 heavy (non-hydrogen) atoms. The van der Waals surface area contributed by atoms with E-state index in [1.165, 1.54) is 35.2 Å². The van der Waals surface area contributed by atoms with Crippen LogP contribution in [0.25, 0.3) is 0 Å². The molecule has 1 heterocycles. The molecule has 6 nitrogen and oxygen atoms in total. The van der Waals surface area contributed by atoms with Gasteiger partial charge in [0.15, 0.2) is 5.17 Å². The molecule has 0 spiro atoms. The number of anilines is 1. The number of benzene rings is 3. The van der Waals surface area contributed by atoms with E-state index in [0.29, 0.717) is 27.9 Å². The van der Waals surface area contributed by atoms with Crippen molar-refractivity contribution < 1.29 is 23.1 Å². The van der Waals surface area contributed by atoms with Gasteiger partial charge in [0.1, 0.15) is 22.6 Å². The number of hydrogen-bond acceptors (Lipinski definition) is 5. The predicted molar refractivity (Wildman–Crippen MR) is 133 cm³/mol. The fourth-order valence-corrected chi connectivity index (χ4v) is 4.64. The molecule has 4 rings (SSSR count). The standard InChI is InChI=1S/C26H23F2N3O3S/c1-34-21-12-10-19(11-13-21)29-25(33)23-16-24(32)31(15-14-17-4-2-3-5-22(17)28)26(35-23)30-20-8-6-18(27)7-9-20/h2-13,23H,14-16H2,1H3,(H,29,33)/t23-/m0/s1. The number of halogens is 2. The number of amides is 2. The number of nitrogens with zero attached hydrogens (tertiary/aromatic N) is 2. The lowest BCUT2D eigenvalue weighted by atomic mass is 10.1. The first-order chi connectivity index (χ1) is 16.9. The molecule has 1 aliphatic heterocycles. The minimum atomic E-state index is -0.714. The highest BCUT2D eigenvalue weighted by Crippen LogP contribution is 2.30. The zero-order chi connectivity index (χ0) is 24.8. The maximum atomic E-state index is 14.1. The van der Waals surface area contributed by atoms with Crippen LogP contribution < -0.4 is 10.1 Å². The summed E-state index contributed by atoms with van der Waals surface area (Å²) in [5.41, 5.74) is 1.49. The quantitative estimate of drug-likeness (QED) is 0.491. The Morgan fingerprint density at radius 1 is 1.09 bits per heavy atom. The maximum absolute atomic E-state index is 14.1. The van der Waals surface area contributed by atoms with Crippen molar-refractivity contribution >= 4 is 40.1 Å². The van der Waals surface area contributed by atoms with E-state index < -0.39 is 11.1 Å². The summed E-state index contributed by atoms with van der Waals surface area (Å²) in [6, 6.07) is 18.8. The number of hydrogen-bond donors (Lipinski definition) is 1. The molecule has 0 radical (unpaired) electrons. The average Bonchev–Trinajstić information content (AvgIpc) is 2.86. The fraction of sp³-hybridized carbons (Fsp3) is 0.192. The van der Waals surface area contributed by atoms with E-state index in [0.717, 1.165) is 11.8 Å². The molecular weight excluding hydrogens is 472 g/mol. The second kappa shape index (κ2) is 11.1. The Kier molecular flexibility index (Phi) is 7.77. The zero-order valence-corrected chi connectivity index (χ0v) is 19.7. The van der Waals surface area contributed by atoms with E-state index in [2.05, 4.69) is 10.3 Å². The van der Waals surface area contributed by atoms with E-state index in [-0.39, 0.29) is 37.0 Å². The summed E-state index contributed by atoms with van der Waals surface area (Å²) >= 11 is 1.15. The van der Waals surface area contributed by atoms with Crippen molar-refractivity contribution in [2.45, 2.75) is 18.1 Å². The van der Waals surface area contributed by atoms with Crippen molar-refractivity contribution in [2.24, 2.45) is 4.99 Å². The third-order valence-electron chi connectivity index (χ3n) is 5.40. The Bertz CT molecular complexity index is 1230. The number of methoxy groups -OCH3 is 1. The van der Waals surface area contributed by atoms with Crippen LogP contribution in [0.4, 0.5) is 20.2 Å². The van der Waals surface area contributed by atoms with Crippen molar-refractivity contribution in [1.82, 2.24) is 4.90 Å². The molecule has 9 heteroatoms. The van der Waals surface area contributed by atoms with Crippen molar-refractivity contribution in [2.75, 3.05) is 19.0 Å². The highest BCUT2D eigenvalue weighted by atomic mass is 32.2. The Balaban J connectivity index is 1.54. The number of carbonyl (C=O) groups is 2. The molecule has 2 amide bonds. The Labute approximate surface area is 206 Å². The van der Waals surface area contributed by atoms with Crippen molar-refractivity contribution in [3.8, 4) is 5.75 Å². The number of rotatable bonds is 7. The summed E-state index contributed by atoms with van der Waals surface area (Å²) in [7, 11) is 1.55. The van der Waals surface area contributed by atoms with Gasteiger partial charge >= 0.3 is 0 Å². The summed E-state index contributed by atoms with van der Waals surface area (Å²) in [4.78, 5) is 32.0. The first kappa shape index (κ1) is 24.4. The van der Waals surface area contributed by atoms with Crippen LogP contribution in [0.1, 0.15) is 12.0 Å². The molecule has 3 aromatic rings. The van der Waals surface area contributed by atoms with Crippen LogP contribution in [0.3, 0.4) is 0 Å². The Hall–Kier alpha value is -3.72. The normalized spacial score (nSPS) is 16.9. The Morgan fingerprint density at radius 3 is 2.49 bits per heavy atom. The number of aliphatic imine (C=N–C) groups is 1. The minimum absolute atomic E-state index is 0.0354. The van der Waals surface area contributed by atoms with Crippen LogP contribution in [-0.2, 0) is 16.0 Å². The summed E-state index contributed by atoms with van der Waals surface area (Å²) in [6.07, 6.45) is 0.247. The summed E-state index contributed by atoms with van der Waals surface area (Å²) < 4.78 is 32.6. The summed E-state index contributed by atoms with van der Waals surface area (Å²) in [5.74, 6) is -0.734. The number of amidine groups is 1. The van der Waals surface area contributed by atoms with Gasteiger partial charge in [0.05, 0.1) is 12.8 Å². The SMILES string of the molecule is COc1ccc(NC(=O)[C@@H]2CC(=O)N(CCc3ccccc3F)C(=Nc3ccc(F)cc3)S2)cc1. The van der Waals surface area contributed by atoms with Crippen molar-refractivity contribution in [3.05, 3.63) is 90.0 Å². The van der Waals surface area contributed by atoms with Crippen molar-refractivity contribution in [1.29, 1.82) is 0 Å². The summed E-state index contributed by atoms with van der Waals surface area (Å²) in [6.45, 7) is 0.194. The number of thioether (sulfide) groups is 1. The van der Waals surface area contributed by atoms with E-state index in [1.807, 2.05) is 0 Å². The minimum Gasteiger partial charge on any atom is -0.497 e. The lowest BCUT2D eigenvalue weighted by Crippen LogP contribution is -2.46. The molecule has 1 N–H and O–H groups in total. The molecule has 1 aliphatic rings. The fourth-order valence-electron chi connectivity index (χ4n) is 3.52. The van der Waals surface area contributed by atoms with Gasteiger partial charge < -0.3 is 10.1 Å². The largest absolute Gasteiger partial charge is 0.497 e. The first-order valence-corrected chi connectivity index (χ1v) is 11.8. The smallest absolute Gasteiger partial charge is 0.238 e. The van der Waals surface area contributed by atoms with Gasteiger partial charge in [-0.3, -0.25) is 14.5 Å². The average molecular weight is 496 g/mol. The Morgan fingerprint density at radius 2 is 1.80 bits per heavy atom. The van der Waals surface area contributed by atoms with Crippen LogP contribution in [0, 0.1) is 11.6 Å². The molecule has 0 bridgehead atoms. The van der Waals surface area contributed by atoms with E-state index >= 15 is 0 Å². The van der Waals surface area contributed by atoms with Crippen LogP contribution in [-0.4, -0.2) is 40.8 Å². The molecule has 3 aromatic carbocycles. The van der Waals surface area contributed by atoms with E-state index in [9.17, 15) is 18.4 Å². The summed E-state index contributed by atoms with van der Waals surface area (Å²) in [5, 5.41) is 2.41. The van der Waals surface area contributed by atoms with Gasteiger partial charge in [-0.25, -0.2) is 13.8 Å². The lowest BCUT2D eigenvalue weighted by molar-refractivity contribution is -0.129. The molecule has 1 saturated heterocycles. The van der Waals surface area contributed by atoms with E-state index in [1.54, 1.807) is 49.6 Å². The topological polar surface area (TPSA) is 71.0 Å². The maximum Gasteiger partial charge on any atom is 0.238 e. The monoisotopic (exact) mass is 495 g/mol. The molecule has 1 fully saturated rings. The highest BCUT2D eigenvalue weighted by Gasteiger charge is 2.36. The first-order valence-electron chi connectivity index (χ1n) is 10.9. The van der Waals surface area contributed by atoms with Crippen molar-refractivity contribution in [3.63, 3.8) is 0 Å². The molecule has 180 valence electrons. The van der Waals surface area contributed by atoms with Gasteiger partial charge in [-0.1, -0.05) is 30.0 Å². The van der Waals surface area contributed by atoms with Crippen LogP contribution >= 0.6 is 11.8 Å². The van der Waals surface area contributed by atoms with Crippen LogP contribution in [0.5, 0.6) is 5.75 Å². The molecule has 0 aromatic heterocycles. The number of nitrogens with one attached hydrogen (secondary N) is 1. The van der Waals surface area contributed by atoms with E-state index in [4.69, 9.17) is 4.74 Å². The molecule has 0 unspecified atom stereocenters. The molecule has 0 saturated carbocycles. The number of ether oxygens (including phenoxy) is 1. The van der Waals surface area contributed by atoms with Gasteiger partial charge in [-0.2, -0.15) is 0 Å². The molecule has 0 aliphatic carbocycles. The number of carbonyl (C=O) groups excluding carboxylic acids is 2. The molecular formula is C26H23F2N3O3S. The third-order valence-corrected chi connectivity index (χ3v) is 6.59. The van der Waals surface area contributed by atoms with Gasteiger partial charge in [-0.15, -0.1) is 0 Å². The van der Waals surface area contributed by atoms with Gasteiger partial charge in [0.2, 0.25) is 11.8 Å². The van der Waals surface area contributed by atoms with Gasteiger partial charge in [0, 0.05) is 18.7 Å². The predicted octanol–water partition coefficient (Wildman–Crippen LogP) is 5.18. The van der Waals surface area contributed by atoms with Crippen LogP contribution in [0.2, 0.25) is 0 Å².